The predicted octanol–water partition coefficient (Wildman–Crippen LogP) is 17.7. The fourth-order valence-corrected chi connectivity index (χ4v) is 8.76. The molecule has 0 aromatic heterocycles. The van der Waals surface area contributed by atoms with Gasteiger partial charge in [-0.1, -0.05) is 203 Å². The average molecular weight is 1060 g/mol. The lowest BCUT2D eigenvalue weighted by Crippen LogP contribution is -2.30. The van der Waals surface area contributed by atoms with Crippen LogP contribution in [0.3, 0.4) is 0 Å². The van der Waals surface area contributed by atoms with Crippen molar-refractivity contribution in [2.75, 3.05) is 26.4 Å². The van der Waals surface area contributed by atoms with Crippen LogP contribution in [-0.4, -0.2) is 66.5 Å². The molecular formula is C62H109O11P. The van der Waals surface area contributed by atoms with E-state index in [9.17, 15) is 28.9 Å². The lowest BCUT2D eigenvalue weighted by molar-refractivity contribution is -0.161. The zero-order chi connectivity index (χ0) is 54.1. The van der Waals surface area contributed by atoms with Gasteiger partial charge in [0.05, 0.1) is 19.8 Å². The molecule has 0 aromatic carbocycles. The van der Waals surface area contributed by atoms with Crippen LogP contribution in [-0.2, 0) is 42.2 Å². The third-order valence-electron chi connectivity index (χ3n) is 12.6. The second kappa shape index (κ2) is 56.1. The van der Waals surface area contributed by atoms with Crippen LogP contribution in [0.4, 0.5) is 0 Å². The Morgan fingerprint density at radius 1 is 0.378 bits per heavy atom. The number of allylic oxidation sites excluding steroid dienone is 12. The van der Waals surface area contributed by atoms with Crippen LogP contribution in [0.25, 0.3) is 0 Å². The Balaban J connectivity index is 4.76. The maximum Gasteiger partial charge on any atom is 0.472 e. The van der Waals surface area contributed by atoms with Gasteiger partial charge in [0, 0.05) is 19.3 Å². The first-order chi connectivity index (χ1) is 36.2. The second-order valence-corrected chi connectivity index (χ2v) is 21.3. The van der Waals surface area contributed by atoms with E-state index in [0.29, 0.717) is 19.3 Å². The first kappa shape index (κ1) is 70.9. The molecule has 12 heteroatoms. The Labute approximate surface area is 452 Å². The largest absolute Gasteiger partial charge is 0.472 e. The van der Waals surface area contributed by atoms with E-state index in [2.05, 4.69) is 93.7 Å². The summed E-state index contributed by atoms with van der Waals surface area (Å²) in [6, 6.07) is 0. The quantitative estimate of drug-likeness (QED) is 0.0197. The van der Waals surface area contributed by atoms with Gasteiger partial charge >= 0.3 is 25.7 Å². The Hall–Kier alpha value is -3.08. The van der Waals surface area contributed by atoms with Crippen molar-refractivity contribution < 1.29 is 52.2 Å². The predicted molar refractivity (Wildman–Crippen MR) is 307 cm³/mol. The van der Waals surface area contributed by atoms with Crippen LogP contribution in [0.2, 0.25) is 0 Å². The smallest absolute Gasteiger partial charge is 0.462 e. The molecule has 0 bridgehead atoms. The molecule has 0 amide bonds. The summed E-state index contributed by atoms with van der Waals surface area (Å²) < 4.78 is 39.5. The molecule has 2 N–H and O–H groups in total. The molecule has 0 aliphatic rings. The van der Waals surface area contributed by atoms with Crippen LogP contribution in [0.15, 0.2) is 72.9 Å². The standard InChI is InChI=1S/C62H109O11P/c1-4-7-10-13-16-19-22-25-28-29-32-35-38-41-44-47-50-53-62(66)73-59(55-69-60(64)51-48-45-42-39-36-33-30-26-23-20-17-14-11-8-5-2)57-71-74(67,68)70-56-58(54-63)72-61(65)52-49-46-43-40-37-34-31-27-24-21-18-15-12-9-6-3/h16-21,25-28,30-31,58-59,63H,4-15,22-24,29,32-57H2,1-3H3,(H,67,68)/b19-16-,20-17-,21-18-,28-25-,30-26-,31-27-. The number of unbranched alkanes of at least 4 members (excludes halogenated alkanes) is 26. The van der Waals surface area contributed by atoms with Crippen molar-refractivity contribution in [1.82, 2.24) is 0 Å². The van der Waals surface area contributed by atoms with E-state index in [1.54, 1.807) is 0 Å². The maximum absolute atomic E-state index is 12.9. The van der Waals surface area contributed by atoms with Crippen LogP contribution < -0.4 is 0 Å². The molecule has 0 saturated heterocycles. The Morgan fingerprint density at radius 2 is 0.662 bits per heavy atom. The van der Waals surface area contributed by atoms with E-state index in [1.807, 2.05) is 0 Å². The van der Waals surface area contributed by atoms with Gasteiger partial charge < -0.3 is 24.2 Å². The highest BCUT2D eigenvalue weighted by molar-refractivity contribution is 7.47. The van der Waals surface area contributed by atoms with Crippen molar-refractivity contribution in [3.63, 3.8) is 0 Å². The van der Waals surface area contributed by atoms with Crippen molar-refractivity contribution in [3.8, 4) is 0 Å². The lowest BCUT2D eigenvalue weighted by atomic mass is 10.1. The number of esters is 3. The highest BCUT2D eigenvalue weighted by atomic mass is 31.2. The summed E-state index contributed by atoms with van der Waals surface area (Å²) in [6.45, 7) is 4.54. The normalized spacial score (nSPS) is 13.9. The molecule has 0 saturated carbocycles. The molecule has 74 heavy (non-hydrogen) atoms. The van der Waals surface area contributed by atoms with Gasteiger partial charge in [0.2, 0.25) is 0 Å². The van der Waals surface area contributed by atoms with Crippen LogP contribution in [0, 0.1) is 0 Å². The van der Waals surface area contributed by atoms with Gasteiger partial charge in [-0.05, 0) is 116 Å². The van der Waals surface area contributed by atoms with Crippen LogP contribution in [0.5, 0.6) is 0 Å². The molecule has 0 aromatic rings. The van der Waals surface area contributed by atoms with Gasteiger partial charge in [-0.2, -0.15) is 0 Å². The molecule has 0 rings (SSSR count). The Morgan fingerprint density at radius 3 is 1.00 bits per heavy atom. The van der Waals surface area contributed by atoms with Crippen molar-refractivity contribution in [2.24, 2.45) is 0 Å². The fourth-order valence-electron chi connectivity index (χ4n) is 7.98. The highest BCUT2D eigenvalue weighted by Gasteiger charge is 2.28. The number of carbonyl (C=O) groups is 3. The van der Waals surface area contributed by atoms with E-state index in [0.717, 1.165) is 128 Å². The third-order valence-corrected chi connectivity index (χ3v) is 13.5. The minimum absolute atomic E-state index is 0.153. The van der Waals surface area contributed by atoms with Crippen molar-refractivity contribution in [3.05, 3.63) is 72.9 Å². The number of carbonyl (C=O) groups excluding carboxylic acids is 3. The topological polar surface area (TPSA) is 155 Å². The summed E-state index contributed by atoms with van der Waals surface area (Å²) in [6.07, 6.45) is 62.7. The molecular weight excluding hydrogens is 952 g/mol. The molecule has 0 aliphatic heterocycles. The van der Waals surface area contributed by atoms with Crippen LogP contribution >= 0.6 is 7.82 Å². The summed E-state index contributed by atoms with van der Waals surface area (Å²) >= 11 is 0. The molecule has 0 spiro atoms. The van der Waals surface area contributed by atoms with Gasteiger partial charge in [0.15, 0.2) is 6.10 Å². The van der Waals surface area contributed by atoms with Crippen molar-refractivity contribution >= 4 is 25.7 Å². The zero-order valence-corrected chi connectivity index (χ0v) is 48.2. The van der Waals surface area contributed by atoms with E-state index in [-0.39, 0.29) is 25.9 Å². The zero-order valence-electron chi connectivity index (χ0n) is 47.3. The number of rotatable bonds is 55. The van der Waals surface area contributed by atoms with Gasteiger partial charge in [-0.25, -0.2) is 4.57 Å². The summed E-state index contributed by atoms with van der Waals surface area (Å²) in [4.78, 5) is 48.6. The number of phosphoric ester groups is 1. The number of aliphatic hydroxyl groups excluding tert-OH is 1. The monoisotopic (exact) mass is 1060 g/mol. The molecule has 0 heterocycles. The van der Waals surface area contributed by atoms with Gasteiger partial charge in [-0.3, -0.25) is 23.4 Å². The molecule has 11 nitrogen and oxygen atoms in total. The minimum Gasteiger partial charge on any atom is -0.462 e. The molecule has 0 fully saturated rings. The van der Waals surface area contributed by atoms with Crippen molar-refractivity contribution in [1.29, 1.82) is 0 Å². The number of hydrogen-bond donors (Lipinski definition) is 2. The first-order valence-electron chi connectivity index (χ1n) is 29.8. The SMILES string of the molecule is CCCCC/C=C\C/C=C\CCCCCCCCCC(=O)OC(COC(=O)CCCCCCC/C=C\C/C=C\CCCCC)COP(=O)(O)OCC(CO)OC(=O)CCCCCCC/C=C\C/C=C\CCCCC. The number of aliphatic hydroxyl groups is 1. The summed E-state index contributed by atoms with van der Waals surface area (Å²) in [7, 11) is -4.76. The van der Waals surface area contributed by atoms with Crippen molar-refractivity contribution in [2.45, 2.75) is 277 Å². The third kappa shape index (κ3) is 53.7. The summed E-state index contributed by atoms with van der Waals surface area (Å²) in [5.41, 5.74) is 0. The van der Waals surface area contributed by atoms with Gasteiger partial charge in [0.1, 0.15) is 12.7 Å². The first-order valence-corrected chi connectivity index (χ1v) is 31.3. The molecule has 3 atom stereocenters. The van der Waals surface area contributed by atoms with E-state index < -0.39 is 57.8 Å². The summed E-state index contributed by atoms with van der Waals surface area (Å²) in [5.74, 6) is -1.50. The van der Waals surface area contributed by atoms with E-state index >= 15 is 0 Å². The molecule has 428 valence electrons. The average Bonchev–Trinajstić information content (AvgIpc) is 3.39. The molecule has 0 aliphatic carbocycles. The second-order valence-electron chi connectivity index (χ2n) is 19.8. The van der Waals surface area contributed by atoms with E-state index in [4.69, 9.17) is 23.3 Å². The van der Waals surface area contributed by atoms with Gasteiger partial charge in [0.25, 0.3) is 0 Å². The maximum atomic E-state index is 12.9. The highest BCUT2D eigenvalue weighted by Crippen LogP contribution is 2.43. The number of ether oxygens (including phenoxy) is 3. The Bertz CT molecular complexity index is 1520. The lowest BCUT2D eigenvalue weighted by Gasteiger charge is -2.21. The Kier molecular flexibility index (Phi) is 53.8. The molecule has 0 radical (unpaired) electrons. The minimum atomic E-state index is -4.76. The fraction of sp³-hybridized carbons (Fsp3) is 0.758. The van der Waals surface area contributed by atoms with E-state index in [1.165, 1.54) is 77.0 Å². The number of hydrogen-bond acceptors (Lipinski definition) is 10. The van der Waals surface area contributed by atoms with Gasteiger partial charge in [-0.15, -0.1) is 0 Å². The molecule has 3 unspecified atom stereocenters. The number of phosphoric acid groups is 1. The van der Waals surface area contributed by atoms with Crippen LogP contribution in [0.1, 0.15) is 265 Å². The summed E-state index contributed by atoms with van der Waals surface area (Å²) in [5, 5.41) is 9.82.